The van der Waals surface area contributed by atoms with E-state index in [1.807, 2.05) is 0 Å². The van der Waals surface area contributed by atoms with E-state index in [1.165, 1.54) is 64.2 Å². The molecule has 0 aliphatic heterocycles. The summed E-state index contributed by atoms with van der Waals surface area (Å²) in [6.45, 7) is 0. The van der Waals surface area contributed by atoms with Crippen LogP contribution in [0, 0.1) is 12.8 Å². The predicted octanol–water partition coefficient (Wildman–Crippen LogP) is 4.31. The molecule has 0 atom stereocenters. The first-order valence-electron chi connectivity index (χ1n) is 5.63. The van der Waals surface area contributed by atoms with E-state index in [2.05, 4.69) is 12.8 Å². The number of hydrogen-bond donors (Lipinski definition) is 0. The van der Waals surface area contributed by atoms with Crippen molar-refractivity contribution in [3.05, 3.63) is 12.8 Å². The minimum Gasteiger partial charge on any atom is -0.328 e. The van der Waals surface area contributed by atoms with Crippen LogP contribution in [0.5, 0.6) is 0 Å². The van der Waals surface area contributed by atoms with Gasteiger partial charge >= 0.3 is 0 Å². The molecule has 2 aliphatic carbocycles. The van der Waals surface area contributed by atoms with Crippen molar-refractivity contribution >= 4 is 0 Å². The molecule has 0 unspecified atom stereocenters. The zero-order valence-electron chi connectivity index (χ0n) is 8.80. The van der Waals surface area contributed by atoms with E-state index in [0.29, 0.717) is 0 Å². The van der Waals surface area contributed by atoms with Crippen molar-refractivity contribution in [2.45, 2.75) is 64.2 Å². The molecule has 0 nitrogen and oxygen atoms in total. The average Bonchev–Trinajstić information content (AvgIpc) is 2.24. The van der Waals surface area contributed by atoms with Gasteiger partial charge in [-0.05, 0) is 0 Å². The Hall–Kier alpha value is 1.10. The molecule has 2 aliphatic rings. The summed E-state index contributed by atoms with van der Waals surface area (Å²) in [5.74, 6) is 0. The van der Waals surface area contributed by atoms with E-state index in [4.69, 9.17) is 0 Å². The first kappa shape index (κ1) is 14.1. The molecule has 0 heterocycles. The SMILES string of the molecule is [CH-]1CCCCC1.[CH-]1CCCCC1.[Y]. The molecule has 0 N–H and O–H groups in total. The van der Waals surface area contributed by atoms with Gasteiger partial charge in [0, 0.05) is 32.7 Å². The van der Waals surface area contributed by atoms with Gasteiger partial charge in [-0.3, -0.25) is 0 Å². The molecular weight excluding hydrogens is 233 g/mol. The second-order valence-electron chi connectivity index (χ2n) is 3.85. The fourth-order valence-corrected chi connectivity index (χ4v) is 1.80. The third-order valence-corrected chi connectivity index (χ3v) is 2.63. The molecule has 0 aromatic heterocycles. The molecule has 2 rings (SSSR count). The minimum atomic E-state index is 0. The van der Waals surface area contributed by atoms with Gasteiger partial charge in [-0.1, -0.05) is 38.5 Å². The maximum absolute atomic E-state index is 2.39. The molecule has 0 amide bonds. The van der Waals surface area contributed by atoms with Crippen LogP contribution >= 0.6 is 0 Å². The average molecular weight is 255 g/mol. The van der Waals surface area contributed by atoms with Gasteiger partial charge in [-0.2, -0.15) is 25.7 Å². The maximum Gasteiger partial charge on any atom is 0 e. The second-order valence-corrected chi connectivity index (χ2v) is 3.85. The standard InChI is InChI=1S/2C6H11.Y/c2*1-2-4-6-5-3-1;/h2*1H,2-6H2;/q2*-1;. The quantitative estimate of drug-likeness (QED) is 0.566. The van der Waals surface area contributed by atoms with Crippen LogP contribution in [0.2, 0.25) is 0 Å². The van der Waals surface area contributed by atoms with Crippen LogP contribution in [0.4, 0.5) is 0 Å². The molecule has 0 aromatic carbocycles. The Bertz CT molecular complexity index is 48.1. The summed E-state index contributed by atoms with van der Waals surface area (Å²) in [7, 11) is 0. The van der Waals surface area contributed by atoms with E-state index < -0.39 is 0 Å². The number of hydrogen-bond acceptors (Lipinski definition) is 0. The zero-order chi connectivity index (χ0) is 8.49. The van der Waals surface area contributed by atoms with Crippen LogP contribution in [0.1, 0.15) is 64.2 Å². The molecule has 0 bridgehead atoms. The summed E-state index contributed by atoms with van der Waals surface area (Å²) in [6, 6.07) is 0. The first-order valence-corrected chi connectivity index (χ1v) is 5.63. The smallest absolute Gasteiger partial charge is 0 e. The van der Waals surface area contributed by atoms with Crippen LogP contribution in [-0.2, 0) is 32.7 Å². The van der Waals surface area contributed by atoms with E-state index in [0.717, 1.165) is 0 Å². The molecule has 0 aromatic rings. The number of rotatable bonds is 0. The van der Waals surface area contributed by atoms with Gasteiger partial charge in [-0.25, -0.2) is 0 Å². The Balaban J connectivity index is 0.000000206. The molecule has 0 spiro atoms. The molecule has 2 fully saturated rings. The Morgan fingerprint density at radius 1 is 0.462 bits per heavy atom. The van der Waals surface area contributed by atoms with Crippen LogP contribution in [0.15, 0.2) is 0 Å². The van der Waals surface area contributed by atoms with E-state index >= 15 is 0 Å². The fraction of sp³-hybridized carbons (Fsp3) is 0.833. The van der Waals surface area contributed by atoms with Gasteiger partial charge in [0.2, 0.25) is 0 Å². The van der Waals surface area contributed by atoms with Crippen LogP contribution in [-0.4, -0.2) is 0 Å². The van der Waals surface area contributed by atoms with E-state index in [-0.39, 0.29) is 32.7 Å². The summed E-state index contributed by atoms with van der Waals surface area (Å²) >= 11 is 0. The van der Waals surface area contributed by atoms with Gasteiger partial charge in [0.25, 0.3) is 0 Å². The van der Waals surface area contributed by atoms with Crippen molar-refractivity contribution in [2.75, 3.05) is 0 Å². The zero-order valence-corrected chi connectivity index (χ0v) is 11.6. The second kappa shape index (κ2) is 11.2. The Morgan fingerprint density at radius 2 is 0.769 bits per heavy atom. The molecule has 1 radical (unpaired) electrons. The van der Waals surface area contributed by atoms with E-state index in [9.17, 15) is 0 Å². The molecular formula is C12H22Y-2. The Morgan fingerprint density at radius 3 is 0.846 bits per heavy atom. The third kappa shape index (κ3) is 9.41. The monoisotopic (exact) mass is 255 g/mol. The minimum absolute atomic E-state index is 0. The van der Waals surface area contributed by atoms with Gasteiger partial charge < -0.3 is 12.8 Å². The molecule has 0 saturated heterocycles. The summed E-state index contributed by atoms with van der Waals surface area (Å²) in [5, 5.41) is 0. The Kier molecular flexibility index (Phi) is 12.1. The van der Waals surface area contributed by atoms with Crippen molar-refractivity contribution in [3.63, 3.8) is 0 Å². The van der Waals surface area contributed by atoms with Crippen molar-refractivity contribution in [1.29, 1.82) is 0 Å². The van der Waals surface area contributed by atoms with Gasteiger partial charge in [0.15, 0.2) is 0 Å². The normalized spacial score (nSPS) is 22.2. The first-order chi connectivity index (χ1) is 6.00. The molecule has 75 valence electrons. The third-order valence-electron chi connectivity index (χ3n) is 2.63. The predicted molar refractivity (Wildman–Crippen MR) is 54.8 cm³/mol. The van der Waals surface area contributed by atoms with Gasteiger partial charge in [0.1, 0.15) is 0 Å². The van der Waals surface area contributed by atoms with Gasteiger partial charge in [0.05, 0.1) is 0 Å². The Labute approximate surface area is 109 Å². The van der Waals surface area contributed by atoms with Crippen molar-refractivity contribution in [2.24, 2.45) is 0 Å². The summed E-state index contributed by atoms with van der Waals surface area (Å²) < 4.78 is 0. The molecule has 13 heavy (non-hydrogen) atoms. The molecule has 2 saturated carbocycles. The summed E-state index contributed by atoms with van der Waals surface area (Å²) in [6.07, 6.45) is 19.0. The van der Waals surface area contributed by atoms with Crippen LogP contribution < -0.4 is 0 Å². The van der Waals surface area contributed by atoms with Crippen LogP contribution in [0.3, 0.4) is 0 Å². The van der Waals surface area contributed by atoms with Crippen molar-refractivity contribution in [3.8, 4) is 0 Å². The largest absolute Gasteiger partial charge is 0.328 e. The fourth-order valence-electron chi connectivity index (χ4n) is 1.80. The maximum atomic E-state index is 2.39. The van der Waals surface area contributed by atoms with Gasteiger partial charge in [-0.15, -0.1) is 0 Å². The van der Waals surface area contributed by atoms with Crippen LogP contribution in [0.25, 0.3) is 0 Å². The van der Waals surface area contributed by atoms with Crippen molar-refractivity contribution in [1.82, 2.24) is 0 Å². The topological polar surface area (TPSA) is 0 Å². The van der Waals surface area contributed by atoms with E-state index in [1.54, 1.807) is 0 Å². The van der Waals surface area contributed by atoms with Crippen molar-refractivity contribution < 1.29 is 32.7 Å². The summed E-state index contributed by atoms with van der Waals surface area (Å²) in [4.78, 5) is 0. The summed E-state index contributed by atoms with van der Waals surface area (Å²) in [5.41, 5.74) is 0. The molecule has 1 heteroatoms.